The molecule has 5 rings (SSSR count). The average Bonchev–Trinajstić information content (AvgIpc) is 3.08. The number of likely N-dealkylation sites (N-methyl/N-ethyl adjacent to an activating group) is 1. The largest absolute Gasteiger partial charge is 0.392 e. The quantitative estimate of drug-likeness (QED) is 0.215. The summed E-state index contributed by atoms with van der Waals surface area (Å²) in [5.74, 6) is -0.166. The number of ether oxygens (including phenoxy) is 2. The van der Waals surface area contributed by atoms with Gasteiger partial charge < -0.3 is 25.0 Å². The zero-order valence-electron chi connectivity index (χ0n) is 25.4. The van der Waals surface area contributed by atoms with Gasteiger partial charge in [-0.3, -0.25) is 14.7 Å². The Labute approximate surface area is 259 Å². The highest BCUT2D eigenvalue weighted by atomic mass is 16.7. The van der Waals surface area contributed by atoms with Gasteiger partial charge in [0.05, 0.1) is 30.5 Å². The highest BCUT2D eigenvalue weighted by Gasteiger charge is 2.39. The molecular weight excluding hydrogens is 554 g/mol. The number of aliphatic hydroxyl groups is 2. The summed E-state index contributed by atoms with van der Waals surface area (Å²) < 4.78 is 13.2. The van der Waals surface area contributed by atoms with Gasteiger partial charge in [0.15, 0.2) is 6.29 Å². The summed E-state index contributed by atoms with van der Waals surface area (Å²) in [5, 5.41) is 23.6. The molecule has 0 radical (unpaired) electrons. The number of nitrogens with one attached hydrogen (secondary N) is 1. The van der Waals surface area contributed by atoms with Gasteiger partial charge in [-0.1, -0.05) is 85.8 Å². The van der Waals surface area contributed by atoms with Gasteiger partial charge in [-0.15, -0.1) is 0 Å². The van der Waals surface area contributed by atoms with Crippen LogP contribution in [0.2, 0.25) is 0 Å². The number of carbonyl (C=O) groups is 1. The highest BCUT2D eigenvalue weighted by molar-refractivity contribution is 5.93. The Balaban J connectivity index is 1.31. The second-order valence-electron chi connectivity index (χ2n) is 11.5. The van der Waals surface area contributed by atoms with Crippen molar-refractivity contribution in [2.75, 3.05) is 13.6 Å². The molecule has 1 aliphatic heterocycles. The van der Waals surface area contributed by atoms with Crippen LogP contribution in [0.4, 0.5) is 0 Å². The number of hydrogen-bond donors (Lipinski definition) is 3. The molecule has 44 heavy (non-hydrogen) atoms. The van der Waals surface area contributed by atoms with Crippen LogP contribution < -0.4 is 5.32 Å². The fourth-order valence-corrected chi connectivity index (χ4v) is 5.52. The van der Waals surface area contributed by atoms with Crippen LogP contribution in [0.25, 0.3) is 0 Å². The second kappa shape index (κ2) is 14.7. The molecule has 1 saturated heterocycles. The molecule has 0 spiro atoms. The molecule has 4 aromatic rings. The Morgan fingerprint density at radius 3 is 2.27 bits per heavy atom. The van der Waals surface area contributed by atoms with Crippen molar-refractivity contribution in [3.63, 3.8) is 0 Å². The van der Waals surface area contributed by atoms with Crippen molar-refractivity contribution in [2.45, 2.75) is 57.6 Å². The molecule has 0 aliphatic carbocycles. The maximum atomic E-state index is 12.4. The molecule has 1 fully saturated rings. The van der Waals surface area contributed by atoms with Gasteiger partial charge in [-0.05, 0) is 48.4 Å². The summed E-state index contributed by atoms with van der Waals surface area (Å²) >= 11 is 0. The Hall–Kier alpha value is -3.92. The first-order chi connectivity index (χ1) is 21.3. The predicted octanol–water partition coefficient (Wildman–Crippen LogP) is 5.35. The third-order valence-electron chi connectivity index (χ3n) is 8.51. The van der Waals surface area contributed by atoms with Crippen LogP contribution in [0.5, 0.6) is 0 Å². The van der Waals surface area contributed by atoms with Gasteiger partial charge in [0.2, 0.25) is 0 Å². The van der Waals surface area contributed by atoms with Crippen LogP contribution >= 0.6 is 0 Å². The molecule has 8 heteroatoms. The number of rotatable bonds is 11. The van der Waals surface area contributed by atoms with Gasteiger partial charge in [-0.2, -0.15) is 0 Å². The zero-order valence-corrected chi connectivity index (χ0v) is 25.4. The first-order valence-corrected chi connectivity index (χ1v) is 15.0. The molecule has 3 N–H and O–H groups in total. The first kappa shape index (κ1) is 31.5. The van der Waals surface area contributed by atoms with Crippen molar-refractivity contribution >= 4 is 5.91 Å². The van der Waals surface area contributed by atoms with Crippen molar-refractivity contribution < 1.29 is 24.5 Å². The molecular formula is C36H41N3O5. The van der Waals surface area contributed by atoms with Crippen molar-refractivity contribution in [1.29, 1.82) is 0 Å². The van der Waals surface area contributed by atoms with Gasteiger partial charge >= 0.3 is 0 Å². The van der Waals surface area contributed by atoms with Crippen LogP contribution in [-0.4, -0.2) is 51.7 Å². The Kier molecular flexibility index (Phi) is 10.5. The van der Waals surface area contributed by atoms with Crippen molar-refractivity contribution in [2.24, 2.45) is 5.92 Å². The number of pyridine rings is 1. The SMILES string of the molecule is C[C@H]1[C@@H](CN(C)[C@@H](C)[C@H](O)c2ccccc2)O[C@@H](c2ccc(CNC(=O)c3cccnc3)cc2)O[C@H]1c1ccc(CO)cc1. The number of amides is 1. The van der Waals surface area contributed by atoms with E-state index in [-0.39, 0.29) is 36.7 Å². The minimum atomic E-state index is -0.639. The van der Waals surface area contributed by atoms with E-state index in [2.05, 4.69) is 22.1 Å². The third-order valence-corrected chi connectivity index (χ3v) is 8.51. The van der Waals surface area contributed by atoms with E-state index < -0.39 is 12.4 Å². The summed E-state index contributed by atoms with van der Waals surface area (Å²) in [5.41, 5.74) is 5.08. The zero-order chi connectivity index (χ0) is 31.1. The van der Waals surface area contributed by atoms with Crippen molar-refractivity contribution in [1.82, 2.24) is 15.2 Å². The fourth-order valence-electron chi connectivity index (χ4n) is 5.52. The Bertz CT molecular complexity index is 1470. The van der Waals surface area contributed by atoms with Crippen LogP contribution in [-0.2, 0) is 22.6 Å². The first-order valence-electron chi connectivity index (χ1n) is 15.0. The molecule has 230 valence electrons. The van der Waals surface area contributed by atoms with E-state index in [1.165, 1.54) is 0 Å². The maximum absolute atomic E-state index is 12.4. The van der Waals surface area contributed by atoms with Crippen LogP contribution in [0.1, 0.15) is 70.5 Å². The molecule has 0 unspecified atom stereocenters. The Morgan fingerprint density at radius 2 is 1.61 bits per heavy atom. The molecule has 1 aromatic heterocycles. The summed E-state index contributed by atoms with van der Waals surface area (Å²) in [6, 6.07) is 28.8. The molecule has 1 aliphatic rings. The smallest absolute Gasteiger partial charge is 0.253 e. The number of carbonyl (C=O) groups excluding carboxylic acids is 1. The average molecular weight is 596 g/mol. The predicted molar refractivity (Wildman–Crippen MR) is 168 cm³/mol. The van der Waals surface area contributed by atoms with E-state index in [9.17, 15) is 15.0 Å². The van der Waals surface area contributed by atoms with Crippen LogP contribution in [0.3, 0.4) is 0 Å². The normalized spacial score (nSPS) is 21.5. The lowest BCUT2D eigenvalue weighted by molar-refractivity contribution is -0.276. The lowest BCUT2D eigenvalue weighted by atomic mass is 9.89. The van der Waals surface area contributed by atoms with Crippen molar-refractivity contribution in [3.8, 4) is 0 Å². The molecule has 2 heterocycles. The fraction of sp³-hybridized carbons (Fsp3) is 0.333. The topological polar surface area (TPSA) is 104 Å². The van der Waals surface area contributed by atoms with E-state index in [1.54, 1.807) is 24.5 Å². The minimum Gasteiger partial charge on any atom is -0.392 e. The van der Waals surface area contributed by atoms with Crippen molar-refractivity contribution in [3.05, 3.63) is 137 Å². The summed E-state index contributed by atoms with van der Waals surface area (Å²) in [7, 11) is 2.01. The van der Waals surface area contributed by atoms with E-state index in [4.69, 9.17) is 9.47 Å². The number of aliphatic hydroxyl groups excluding tert-OH is 2. The third kappa shape index (κ3) is 7.59. The summed E-state index contributed by atoms with van der Waals surface area (Å²) in [6.45, 7) is 5.11. The molecule has 3 aromatic carbocycles. The van der Waals surface area contributed by atoms with Gasteiger partial charge in [-0.25, -0.2) is 0 Å². The van der Waals surface area contributed by atoms with Crippen LogP contribution in [0.15, 0.2) is 103 Å². The lowest BCUT2D eigenvalue weighted by Crippen LogP contribution is -2.46. The highest BCUT2D eigenvalue weighted by Crippen LogP contribution is 2.42. The van der Waals surface area contributed by atoms with E-state index in [0.29, 0.717) is 18.7 Å². The molecule has 0 saturated carbocycles. The number of aromatic nitrogens is 1. The molecule has 0 bridgehead atoms. The molecule has 6 atom stereocenters. The number of hydrogen-bond acceptors (Lipinski definition) is 7. The minimum absolute atomic E-state index is 0.0108. The molecule has 8 nitrogen and oxygen atoms in total. The number of benzene rings is 3. The van der Waals surface area contributed by atoms with Gasteiger partial charge in [0.1, 0.15) is 0 Å². The van der Waals surface area contributed by atoms with E-state index >= 15 is 0 Å². The standard InChI is InChI=1S/C36H41N3O5/c1-24-32(22-39(3)25(2)33(41)28-8-5-4-6-9-28)43-36(44-34(24)29-15-13-27(23-40)14-16-29)30-17-11-26(12-18-30)20-38-35(42)31-10-7-19-37-21-31/h4-19,21,24-25,32-34,36,40-41H,20,22-23H2,1-3H3,(H,38,42)/t24-,25-,32+,33-,34+,36+/m0/s1. The summed E-state index contributed by atoms with van der Waals surface area (Å²) in [4.78, 5) is 18.6. The second-order valence-corrected chi connectivity index (χ2v) is 11.5. The van der Waals surface area contributed by atoms with E-state index in [1.807, 2.05) is 92.8 Å². The van der Waals surface area contributed by atoms with E-state index in [0.717, 1.165) is 27.8 Å². The summed E-state index contributed by atoms with van der Waals surface area (Å²) in [6.07, 6.45) is 1.50. The monoisotopic (exact) mass is 595 g/mol. The number of nitrogens with zero attached hydrogens (tertiary/aromatic N) is 2. The maximum Gasteiger partial charge on any atom is 0.253 e. The molecule has 1 amide bonds. The van der Waals surface area contributed by atoms with Gasteiger partial charge in [0, 0.05) is 43.0 Å². The lowest BCUT2D eigenvalue weighted by Gasteiger charge is -2.43. The van der Waals surface area contributed by atoms with Crippen LogP contribution in [0, 0.1) is 5.92 Å². The van der Waals surface area contributed by atoms with Gasteiger partial charge in [0.25, 0.3) is 5.91 Å². The Morgan fingerprint density at radius 1 is 0.932 bits per heavy atom.